The van der Waals surface area contributed by atoms with Crippen LogP contribution in [-0.4, -0.2) is 0 Å². The summed E-state index contributed by atoms with van der Waals surface area (Å²) in [5.41, 5.74) is 8.28. The van der Waals surface area contributed by atoms with Gasteiger partial charge in [-0.25, -0.2) is 0 Å². The summed E-state index contributed by atoms with van der Waals surface area (Å²) in [5, 5.41) is 0.676. The second-order valence-electron chi connectivity index (χ2n) is 3.81. The van der Waals surface area contributed by atoms with E-state index < -0.39 is 0 Å². The summed E-state index contributed by atoms with van der Waals surface area (Å²) in [4.78, 5) is 0. The van der Waals surface area contributed by atoms with Crippen molar-refractivity contribution in [2.75, 3.05) is 0 Å². The molecule has 0 radical (unpaired) electrons. The molecule has 0 amide bonds. The third-order valence-corrected chi connectivity index (χ3v) is 4.76. The molecule has 0 heterocycles. The highest BCUT2D eigenvalue weighted by atomic mass is 79.9. The van der Waals surface area contributed by atoms with Crippen molar-refractivity contribution in [1.82, 2.24) is 0 Å². The lowest BCUT2D eigenvalue weighted by Crippen LogP contribution is -2.13. The molecule has 0 saturated heterocycles. The Hall–Kier alpha value is 0.130. The Morgan fingerprint density at radius 3 is 2.11 bits per heavy atom. The van der Waals surface area contributed by atoms with E-state index in [0.29, 0.717) is 5.02 Å². The van der Waals surface area contributed by atoms with Crippen LogP contribution >= 0.6 is 59.4 Å². The molecule has 0 bridgehead atoms. The molecule has 0 saturated carbocycles. The molecule has 18 heavy (non-hydrogen) atoms. The largest absolute Gasteiger partial charge is 0.320 e. The smallest absolute Gasteiger partial charge is 0.0574 e. The number of hydrogen-bond donors (Lipinski definition) is 1. The van der Waals surface area contributed by atoms with Crippen molar-refractivity contribution in [2.24, 2.45) is 5.73 Å². The van der Waals surface area contributed by atoms with Crippen LogP contribution < -0.4 is 5.73 Å². The molecular weight excluding hydrogens is 445 g/mol. The lowest BCUT2D eigenvalue weighted by molar-refractivity contribution is 0.859. The molecule has 0 fully saturated rings. The van der Waals surface area contributed by atoms with E-state index in [9.17, 15) is 0 Å². The highest BCUT2D eigenvalue weighted by molar-refractivity contribution is 9.11. The van der Waals surface area contributed by atoms with E-state index in [0.717, 1.165) is 24.5 Å². The minimum absolute atomic E-state index is 0.245. The van der Waals surface area contributed by atoms with Crippen molar-refractivity contribution in [3.05, 3.63) is 66.0 Å². The summed E-state index contributed by atoms with van der Waals surface area (Å²) in [6.45, 7) is 0. The van der Waals surface area contributed by atoms with Crippen molar-refractivity contribution < 1.29 is 0 Å². The quantitative estimate of drug-likeness (QED) is 0.621. The van der Waals surface area contributed by atoms with E-state index in [1.54, 1.807) is 0 Å². The van der Waals surface area contributed by atoms with Gasteiger partial charge < -0.3 is 5.73 Å². The standard InChI is InChI=1S/C13H9Br3ClN/c14-7-1-3-11(15)9(5-7)13(18)10-6-8(17)2-4-12(10)16/h1-6,13H,18H2. The van der Waals surface area contributed by atoms with E-state index >= 15 is 0 Å². The van der Waals surface area contributed by atoms with Crippen LogP contribution in [0.5, 0.6) is 0 Å². The van der Waals surface area contributed by atoms with Crippen molar-refractivity contribution >= 4 is 59.4 Å². The summed E-state index contributed by atoms with van der Waals surface area (Å²) in [6.07, 6.45) is 0. The van der Waals surface area contributed by atoms with Gasteiger partial charge in [0.2, 0.25) is 0 Å². The molecule has 0 spiro atoms. The van der Waals surface area contributed by atoms with Crippen LogP contribution in [0.25, 0.3) is 0 Å². The molecular formula is C13H9Br3ClN. The van der Waals surface area contributed by atoms with E-state index in [1.165, 1.54) is 0 Å². The Labute approximate surface area is 136 Å². The minimum atomic E-state index is -0.245. The van der Waals surface area contributed by atoms with Gasteiger partial charge in [0.25, 0.3) is 0 Å². The average molecular weight is 454 g/mol. The fourth-order valence-electron chi connectivity index (χ4n) is 1.67. The zero-order valence-electron chi connectivity index (χ0n) is 9.13. The number of nitrogens with two attached hydrogens (primary N) is 1. The fraction of sp³-hybridized carbons (Fsp3) is 0.0769. The van der Waals surface area contributed by atoms with E-state index in [-0.39, 0.29) is 6.04 Å². The summed E-state index contributed by atoms with van der Waals surface area (Å²) in [7, 11) is 0. The van der Waals surface area contributed by atoms with Gasteiger partial charge in [-0.1, -0.05) is 59.4 Å². The van der Waals surface area contributed by atoms with Gasteiger partial charge in [-0.2, -0.15) is 0 Å². The Bertz CT molecular complexity index is 535. The first-order chi connectivity index (χ1) is 8.49. The maximum Gasteiger partial charge on any atom is 0.0574 e. The summed E-state index contributed by atoms with van der Waals surface area (Å²) < 4.78 is 2.92. The predicted octanol–water partition coefficient (Wildman–Crippen LogP) is 5.68. The summed E-state index contributed by atoms with van der Waals surface area (Å²) in [5.74, 6) is 0. The zero-order valence-corrected chi connectivity index (χ0v) is 14.6. The van der Waals surface area contributed by atoms with Crippen LogP contribution in [0.2, 0.25) is 5.02 Å². The Balaban J connectivity index is 2.50. The van der Waals surface area contributed by atoms with Gasteiger partial charge in [0.15, 0.2) is 0 Å². The number of rotatable bonds is 2. The van der Waals surface area contributed by atoms with Crippen molar-refractivity contribution in [2.45, 2.75) is 6.04 Å². The Morgan fingerprint density at radius 1 is 0.889 bits per heavy atom. The lowest BCUT2D eigenvalue weighted by Gasteiger charge is -2.16. The lowest BCUT2D eigenvalue weighted by atomic mass is 10.00. The predicted molar refractivity (Wildman–Crippen MR) is 87.0 cm³/mol. The molecule has 2 N–H and O–H groups in total. The fourth-order valence-corrected chi connectivity index (χ4v) is 3.22. The van der Waals surface area contributed by atoms with E-state index in [2.05, 4.69) is 47.8 Å². The van der Waals surface area contributed by atoms with Gasteiger partial charge in [-0.05, 0) is 47.5 Å². The van der Waals surface area contributed by atoms with Gasteiger partial charge in [0.05, 0.1) is 6.04 Å². The molecule has 0 aliphatic rings. The molecule has 5 heteroatoms. The van der Waals surface area contributed by atoms with Gasteiger partial charge in [0, 0.05) is 18.4 Å². The first-order valence-electron chi connectivity index (χ1n) is 5.14. The maximum absolute atomic E-state index is 6.32. The SMILES string of the molecule is NC(c1cc(Cl)ccc1Br)c1cc(Br)ccc1Br. The Kier molecular flexibility index (Phi) is 4.89. The van der Waals surface area contributed by atoms with Gasteiger partial charge >= 0.3 is 0 Å². The number of benzene rings is 2. The van der Waals surface area contributed by atoms with Crippen molar-refractivity contribution in [3.63, 3.8) is 0 Å². The second kappa shape index (κ2) is 6.06. The molecule has 1 nitrogen and oxygen atoms in total. The first-order valence-corrected chi connectivity index (χ1v) is 7.90. The molecule has 94 valence electrons. The van der Waals surface area contributed by atoms with Crippen LogP contribution in [0.3, 0.4) is 0 Å². The highest BCUT2D eigenvalue weighted by Gasteiger charge is 2.15. The molecule has 2 aromatic carbocycles. The third-order valence-electron chi connectivity index (χ3n) is 2.59. The molecule has 1 unspecified atom stereocenters. The van der Waals surface area contributed by atoms with E-state index in [1.807, 2.05) is 36.4 Å². The molecule has 0 aromatic heterocycles. The Morgan fingerprint density at radius 2 is 1.44 bits per heavy atom. The van der Waals surface area contributed by atoms with Crippen molar-refractivity contribution in [3.8, 4) is 0 Å². The van der Waals surface area contributed by atoms with Gasteiger partial charge in [-0.3, -0.25) is 0 Å². The molecule has 0 aliphatic carbocycles. The molecule has 1 atom stereocenters. The van der Waals surface area contributed by atoms with Crippen LogP contribution in [-0.2, 0) is 0 Å². The van der Waals surface area contributed by atoms with Crippen LogP contribution in [0.1, 0.15) is 17.2 Å². The average Bonchev–Trinajstić information content (AvgIpc) is 2.34. The normalized spacial score (nSPS) is 12.5. The minimum Gasteiger partial charge on any atom is -0.320 e. The van der Waals surface area contributed by atoms with Crippen LogP contribution in [0.4, 0.5) is 0 Å². The number of hydrogen-bond acceptors (Lipinski definition) is 1. The monoisotopic (exact) mass is 451 g/mol. The maximum atomic E-state index is 6.32. The molecule has 2 rings (SSSR count). The first kappa shape index (κ1) is 14.5. The van der Waals surface area contributed by atoms with Crippen LogP contribution in [0.15, 0.2) is 49.8 Å². The molecule has 0 aliphatic heterocycles. The van der Waals surface area contributed by atoms with Crippen molar-refractivity contribution in [1.29, 1.82) is 0 Å². The summed E-state index contributed by atoms with van der Waals surface area (Å²) in [6, 6.07) is 11.3. The highest BCUT2D eigenvalue weighted by Crippen LogP contribution is 2.34. The van der Waals surface area contributed by atoms with Crippen LogP contribution in [0, 0.1) is 0 Å². The topological polar surface area (TPSA) is 26.0 Å². The number of halogens is 4. The zero-order chi connectivity index (χ0) is 13.3. The third kappa shape index (κ3) is 3.17. The van der Waals surface area contributed by atoms with E-state index in [4.69, 9.17) is 17.3 Å². The molecule has 2 aromatic rings. The van der Waals surface area contributed by atoms with Gasteiger partial charge in [0.1, 0.15) is 0 Å². The van der Waals surface area contributed by atoms with Gasteiger partial charge in [-0.15, -0.1) is 0 Å². The second-order valence-corrected chi connectivity index (χ2v) is 6.87. The summed E-state index contributed by atoms with van der Waals surface area (Å²) >= 11 is 16.5.